The molecule has 0 amide bonds. The van der Waals surface area contributed by atoms with Crippen LogP contribution in [0.5, 0.6) is 0 Å². The second-order valence-electron chi connectivity index (χ2n) is 6.24. The molecule has 0 heterocycles. The largest absolute Gasteiger partial charge is 0.314 e. The van der Waals surface area contributed by atoms with Gasteiger partial charge in [0.25, 0.3) is 0 Å². The van der Waals surface area contributed by atoms with E-state index >= 15 is 0 Å². The van der Waals surface area contributed by atoms with Crippen LogP contribution in [-0.4, -0.2) is 13.1 Å². The summed E-state index contributed by atoms with van der Waals surface area (Å²) >= 11 is 0. The van der Waals surface area contributed by atoms with Gasteiger partial charge in [0.1, 0.15) is 5.82 Å². The maximum absolute atomic E-state index is 13.3. The number of benzene rings is 1. The minimum Gasteiger partial charge on any atom is -0.314 e. The Morgan fingerprint density at radius 3 is 2.68 bits per heavy atom. The van der Waals surface area contributed by atoms with E-state index in [2.05, 4.69) is 25.2 Å². The van der Waals surface area contributed by atoms with Gasteiger partial charge in [0.05, 0.1) is 11.5 Å². The van der Waals surface area contributed by atoms with Crippen LogP contribution in [0.4, 0.5) is 4.39 Å². The standard InChI is InChI=1S/C16H21FN2/c1-15(2,13-5-3-6-14(17)9-13)11-19-12-16(10-18)7-4-8-16/h3,5-6,9,19H,4,7-8,11-12H2,1-2H3. The number of nitrogens with zero attached hydrogens (tertiary/aromatic N) is 1. The molecule has 2 rings (SSSR count). The summed E-state index contributed by atoms with van der Waals surface area (Å²) in [6, 6.07) is 9.18. The number of halogens is 1. The van der Waals surface area contributed by atoms with Crippen LogP contribution in [0.25, 0.3) is 0 Å². The first-order valence-electron chi connectivity index (χ1n) is 6.86. The van der Waals surface area contributed by atoms with Gasteiger partial charge in [-0.25, -0.2) is 4.39 Å². The summed E-state index contributed by atoms with van der Waals surface area (Å²) in [6.07, 6.45) is 3.15. The molecule has 2 nitrogen and oxygen atoms in total. The van der Waals surface area contributed by atoms with Gasteiger partial charge < -0.3 is 5.32 Å². The summed E-state index contributed by atoms with van der Waals surface area (Å²) in [5.74, 6) is -0.196. The van der Waals surface area contributed by atoms with Crippen LogP contribution in [0.3, 0.4) is 0 Å². The minimum atomic E-state index is -0.196. The summed E-state index contributed by atoms with van der Waals surface area (Å²) in [7, 11) is 0. The van der Waals surface area contributed by atoms with Gasteiger partial charge in [0, 0.05) is 18.5 Å². The van der Waals surface area contributed by atoms with E-state index in [-0.39, 0.29) is 16.6 Å². The normalized spacial score (nSPS) is 17.6. The van der Waals surface area contributed by atoms with Crippen LogP contribution < -0.4 is 5.32 Å². The highest BCUT2D eigenvalue weighted by molar-refractivity contribution is 5.25. The monoisotopic (exact) mass is 260 g/mol. The molecular weight excluding hydrogens is 239 g/mol. The third kappa shape index (κ3) is 3.13. The summed E-state index contributed by atoms with van der Waals surface area (Å²) in [5.41, 5.74) is 0.695. The lowest BCUT2D eigenvalue weighted by Gasteiger charge is -2.36. The average Bonchev–Trinajstić information content (AvgIpc) is 2.32. The molecule has 1 aromatic carbocycles. The second kappa shape index (κ2) is 5.30. The molecule has 0 radical (unpaired) electrons. The molecule has 0 atom stereocenters. The molecule has 1 fully saturated rings. The lowest BCUT2D eigenvalue weighted by atomic mass is 9.70. The molecule has 1 aliphatic carbocycles. The van der Waals surface area contributed by atoms with Crippen LogP contribution in [0.1, 0.15) is 38.7 Å². The molecule has 0 spiro atoms. The van der Waals surface area contributed by atoms with Crippen molar-refractivity contribution in [2.24, 2.45) is 5.41 Å². The molecule has 1 aliphatic rings. The van der Waals surface area contributed by atoms with E-state index < -0.39 is 0 Å². The van der Waals surface area contributed by atoms with Crippen LogP contribution in [0.2, 0.25) is 0 Å². The van der Waals surface area contributed by atoms with Gasteiger partial charge in [-0.1, -0.05) is 32.4 Å². The molecule has 1 saturated carbocycles. The second-order valence-corrected chi connectivity index (χ2v) is 6.24. The number of hydrogen-bond acceptors (Lipinski definition) is 2. The highest BCUT2D eigenvalue weighted by atomic mass is 19.1. The topological polar surface area (TPSA) is 35.8 Å². The zero-order valence-electron chi connectivity index (χ0n) is 11.7. The predicted molar refractivity (Wildman–Crippen MR) is 74.2 cm³/mol. The Labute approximate surface area is 114 Å². The van der Waals surface area contributed by atoms with Gasteiger partial charge in [-0.3, -0.25) is 0 Å². The Kier molecular flexibility index (Phi) is 3.91. The molecule has 0 saturated heterocycles. The maximum atomic E-state index is 13.3. The smallest absolute Gasteiger partial charge is 0.123 e. The van der Waals surface area contributed by atoms with Gasteiger partial charge >= 0.3 is 0 Å². The van der Waals surface area contributed by atoms with E-state index in [1.807, 2.05) is 6.07 Å². The van der Waals surface area contributed by atoms with Crippen molar-refractivity contribution in [1.29, 1.82) is 5.26 Å². The number of rotatable bonds is 5. The van der Waals surface area contributed by atoms with Crippen molar-refractivity contribution in [1.82, 2.24) is 5.32 Å². The molecular formula is C16H21FN2. The van der Waals surface area contributed by atoms with Crippen molar-refractivity contribution in [3.63, 3.8) is 0 Å². The number of nitriles is 1. The number of nitrogens with one attached hydrogen (secondary N) is 1. The SMILES string of the molecule is CC(C)(CNCC1(C#N)CCC1)c1cccc(F)c1. The Balaban J connectivity index is 1.93. The first-order chi connectivity index (χ1) is 8.97. The molecule has 0 aliphatic heterocycles. The van der Waals surface area contributed by atoms with E-state index in [1.54, 1.807) is 12.1 Å². The lowest BCUT2D eigenvalue weighted by molar-refractivity contribution is 0.203. The quantitative estimate of drug-likeness (QED) is 0.881. The third-order valence-corrected chi connectivity index (χ3v) is 4.18. The van der Waals surface area contributed by atoms with Gasteiger partial charge in [-0.15, -0.1) is 0 Å². The fraction of sp³-hybridized carbons (Fsp3) is 0.562. The summed E-state index contributed by atoms with van der Waals surface area (Å²) < 4.78 is 13.3. The fourth-order valence-corrected chi connectivity index (χ4v) is 2.56. The zero-order chi connectivity index (χ0) is 13.9. The molecule has 3 heteroatoms. The molecule has 1 N–H and O–H groups in total. The van der Waals surface area contributed by atoms with Crippen LogP contribution in [0.15, 0.2) is 24.3 Å². The Hall–Kier alpha value is -1.40. The van der Waals surface area contributed by atoms with E-state index in [9.17, 15) is 9.65 Å². The van der Waals surface area contributed by atoms with E-state index in [1.165, 1.54) is 6.07 Å². The van der Waals surface area contributed by atoms with Gasteiger partial charge in [-0.05, 0) is 30.5 Å². The zero-order valence-corrected chi connectivity index (χ0v) is 11.7. The summed E-state index contributed by atoms with van der Waals surface area (Å²) in [4.78, 5) is 0. The van der Waals surface area contributed by atoms with Crippen molar-refractivity contribution < 1.29 is 4.39 Å². The first kappa shape index (κ1) is 14.0. The number of hydrogen-bond donors (Lipinski definition) is 1. The molecule has 0 bridgehead atoms. The Morgan fingerprint density at radius 1 is 1.42 bits per heavy atom. The van der Waals surface area contributed by atoms with Crippen molar-refractivity contribution in [2.75, 3.05) is 13.1 Å². The van der Waals surface area contributed by atoms with Crippen LogP contribution in [0, 0.1) is 22.6 Å². The van der Waals surface area contributed by atoms with Gasteiger partial charge in [0.2, 0.25) is 0 Å². The lowest BCUT2D eigenvalue weighted by Crippen LogP contribution is -2.43. The molecule has 102 valence electrons. The highest BCUT2D eigenvalue weighted by Crippen LogP contribution is 2.39. The maximum Gasteiger partial charge on any atom is 0.123 e. The minimum absolute atomic E-state index is 0.136. The van der Waals surface area contributed by atoms with Crippen molar-refractivity contribution in [2.45, 2.75) is 38.5 Å². The molecule has 0 aromatic heterocycles. The van der Waals surface area contributed by atoms with E-state index in [0.717, 1.165) is 37.9 Å². The molecule has 19 heavy (non-hydrogen) atoms. The Bertz CT molecular complexity index is 484. The van der Waals surface area contributed by atoms with E-state index in [0.29, 0.717) is 0 Å². The third-order valence-electron chi connectivity index (χ3n) is 4.18. The van der Waals surface area contributed by atoms with Gasteiger partial charge in [-0.2, -0.15) is 5.26 Å². The van der Waals surface area contributed by atoms with Crippen molar-refractivity contribution >= 4 is 0 Å². The predicted octanol–water partition coefficient (Wildman–Crippen LogP) is 3.39. The van der Waals surface area contributed by atoms with Crippen molar-refractivity contribution in [3.05, 3.63) is 35.6 Å². The van der Waals surface area contributed by atoms with Crippen LogP contribution >= 0.6 is 0 Å². The van der Waals surface area contributed by atoms with Crippen LogP contribution in [-0.2, 0) is 5.41 Å². The fourth-order valence-electron chi connectivity index (χ4n) is 2.56. The molecule has 1 aromatic rings. The van der Waals surface area contributed by atoms with E-state index in [4.69, 9.17) is 0 Å². The summed E-state index contributed by atoms with van der Waals surface area (Å²) in [5, 5.41) is 12.6. The first-order valence-corrected chi connectivity index (χ1v) is 6.86. The Morgan fingerprint density at radius 2 is 2.16 bits per heavy atom. The van der Waals surface area contributed by atoms with Crippen molar-refractivity contribution in [3.8, 4) is 6.07 Å². The van der Waals surface area contributed by atoms with Gasteiger partial charge in [0.15, 0.2) is 0 Å². The average molecular weight is 260 g/mol. The summed E-state index contributed by atoms with van der Waals surface area (Å²) in [6.45, 7) is 5.67. The highest BCUT2D eigenvalue weighted by Gasteiger charge is 2.37. The molecule has 0 unspecified atom stereocenters.